The van der Waals surface area contributed by atoms with Gasteiger partial charge in [-0.2, -0.15) is 0 Å². The molecule has 0 radical (unpaired) electrons. The lowest BCUT2D eigenvalue weighted by atomic mass is 10.0. The van der Waals surface area contributed by atoms with Crippen LogP contribution in [-0.2, 0) is 44.4 Å². The minimum atomic E-state index is -4.30. The Morgan fingerprint density at radius 1 is 0.887 bits per heavy atom. The number of sulfonamides is 1. The van der Waals surface area contributed by atoms with E-state index in [4.69, 9.17) is 14.9 Å². The number of carbonyl (C=O) groups excluding carboxylic acids is 3. The zero-order valence-corrected chi connectivity index (χ0v) is 29.9. The van der Waals surface area contributed by atoms with Gasteiger partial charge in [0.1, 0.15) is 23.9 Å². The molecule has 0 saturated heterocycles. The average molecular weight is 732 g/mol. The van der Waals surface area contributed by atoms with Crippen molar-refractivity contribution in [1.29, 1.82) is 5.41 Å². The van der Waals surface area contributed by atoms with Gasteiger partial charge in [-0.1, -0.05) is 78.9 Å². The number of hydrogen-bond acceptors (Lipinski definition) is 9. The molecule has 0 unspecified atom stereocenters. The predicted molar refractivity (Wildman–Crippen MR) is 202 cm³/mol. The highest BCUT2D eigenvalue weighted by Crippen LogP contribution is 2.32. The molecule has 2 aromatic heterocycles. The highest BCUT2D eigenvalue weighted by Gasteiger charge is 2.30. The number of hydrogen-bond donors (Lipinski definition) is 2. The van der Waals surface area contributed by atoms with Crippen molar-refractivity contribution in [3.8, 4) is 0 Å². The van der Waals surface area contributed by atoms with Crippen molar-refractivity contribution in [2.45, 2.75) is 31.3 Å². The molecule has 1 amide bonds. The van der Waals surface area contributed by atoms with Crippen molar-refractivity contribution in [3.05, 3.63) is 138 Å². The summed E-state index contributed by atoms with van der Waals surface area (Å²) < 4.78 is 41.5. The molecule has 53 heavy (non-hydrogen) atoms. The van der Waals surface area contributed by atoms with Gasteiger partial charge in [-0.3, -0.25) is 29.6 Å². The number of ketones is 1. The van der Waals surface area contributed by atoms with E-state index in [2.05, 4.69) is 10.3 Å². The van der Waals surface area contributed by atoms with Crippen LogP contribution in [0.5, 0.6) is 0 Å². The number of esters is 1. The van der Waals surface area contributed by atoms with Gasteiger partial charge in [0.2, 0.25) is 0 Å². The first-order valence-corrected chi connectivity index (χ1v) is 18.3. The van der Waals surface area contributed by atoms with Crippen LogP contribution in [0.1, 0.15) is 40.4 Å². The van der Waals surface area contributed by atoms with Crippen molar-refractivity contribution in [2.24, 2.45) is 7.05 Å². The Hall–Kier alpha value is -6.34. The molecule has 0 spiro atoms. The van der Waals surface area contributed by atoms with Crippen LogP contribution in [0.15, 0.2) is 120 Å². The normalized spacial score (nSPS) is 11.3. The van der Waals surface area contributed by atoms with Gasteiger partial charge in [0.15, 0.2) is 5.78 Å². The first kappa shape index (κ1) is 36.5. The standard InChI is InChI=1S/C40H37N5O7S/c1-3-51-37(47)25-45(53(49,50)36-13-7-11-29-12-8-22-42-38(29)36)31-19-20-32-33(24-44(2)34(32)23-31)35(46)21-16-27-14-17-30(18-15-27)39(41)43-40(48)52-26-28-9-5-4-6-10-28/h4-15,17-20,22-24H,3,16,21,25-26H2,1-2H3,(H2,41,43,48). The summed E-state index contributed by atoms with van der Waals surface area (Å²) in [6.45, 7) is 1.26. The number of pyridine rings is 1. The molecule has 0 aliphatic rings. The Labute approximate surface area is 306 Å². The van der Waals surface area contributed by atoms with Gasteiger partial charge >= 0.3 is 12.1 Å². The number of benzene rings is 4. The SMILES string of the molecule is CCOC(=O)CN(c1ccc2c(C(=O)CCc3ccc(C(=N)NC(=O)OCc4ccccc4)cc3)cn(C)c2c1)S(=O)(=O)c1cccc2cccnc12. The number of nitrogens with one attached hydrogen (secondary N) is 2. The number of fused-ring (bicyclic) bond motifs is 2. The number of rotatable bonds is 13. The van der Waals surface area contributed by atoms with Crippen molar-refractivity contribution >= 4 is 61.2 Å². The topological polar surface area (TPSA) is 161 Å². The molecular formula is C40H37N5O7S. The van der Waals surface area contributed by atoms with E-state index >= 15 is 0 Å². The van der Waals surface area contributed by atoms with Crippen LogP contribution in [0.2, 0.25) is 0 Å². The molecule has 0 aliphatic heterocycles. The number of alkyl carbamates (subject to hydrolysis) is 1. The third-order valence-electron chi connectivity index (χ3n) is 8.63. The average Bonchev–Trinajstić information content (AvgIpc) is 3.50. The van der Waals surface area contributed by atoms with Crippen molar-refractivity contribution in [1.82, 2.24) is 14.9 Å². The van der Waals surface area contributed by atoms with E-state index in [1.54, 1.807) is 91.5 Å². The zero-order chi connectivity index (χ0) is 37.5. The number of Topliss-reactive ketones (excluding diaryl/α,β-unsaturated/α-hetero) is 1. The van der Waals surface area contributed by atoms with Crippen LogP contribution >= 0.6 is 0 Å². The molecule has 13 heteroatoms. The van der Waals surface area contributed by atoms with Crippen LogP contribution in [0, 0.1) is 5.41 Å². The lowest BCUT2D eigenvalue weighted by molar-refractivity contribution is -0.141. The van der Waals surface area contributed by atoms with Gasteiger partial charge < -0.3 is 14.0 Å². The molecule has 0 fully saturated rings. The molecule has 0 bridgehead atoms. The summed E-state index contributed by atoms with van der Waals surface area (Å²) in [5, 5.41) is 11.9. The third-order valence-corrected chi connectivity index (χ3v) is 10.4. The molecule has 0 aliphatic carbocycles. The highest BCUT2D eigenvalue weighted by molar-refractivity contribution is 7.93. The molecule has 4 aromatic carbocycles. The molecule has 0 atom stereocenters. The summed E-state index contributed by atoms with van der Waals surface area (Å²) >= 11 is 0. The maximum absolute atomic E-state index is 14.2. The second-order valence-electron chi connectivity index (χ2n) is 12.2. The molecule has 2 N–H and O–H groups in total. The number of ether oxygens (including phenoxy) is 2. The monoisotopic (exact) mass is 731 g/mol. The number of aryl methyl sites for hydroxylation is 2. The quantitative estimate of drug-likeness (QED) is 0.0585. The van der Waals surface area contributed by atoms with E-state index in [0.717, 1.165) is 15.4 Å². The van der Waals surface area contributed by atoms with Gasteiger partial charge in [-0.05, 0) is 48.7 Å². The maximum atomic E-state index is 14.2. The number of anilines is 1. The van der Waals surface area contributed by atoms with Crippen molar-refractivity contribution in [2.75, 3.05) is 17.5 Å². The van der Waals surface area contributed by atoms with E-state index in [9.17, 15) is 22.8 Å². The number of carbonyl (C=O) groups is 3. The minimum Gasteiger partial charge on any atom is -0.465 e. The van der Waals surface area contributed by atoms with Gasteiger partial charge in [-0.15, -0.1) is 0 Å². The van der Waals surface area contributed by atoms with Crippen LogP contribution in [0.25, 0.3) is 21.8 Å². The lowest BCUT2D eigenvalue weighted by Crippen LogP contribution is -2.36. The smallest absolute Gasteiger partial charge is 0.413 e. The zero-order valence-electron chi connectivity index (χ0n) is 29.1. The summed E-state index contributed by atoms with van der Waals surface area (Å²) in [4.78, 5) is 42.7. The molecule has 0 saturated carbocycles. The van der Waals surface area contributed by atoms with Gasteiger partial charge in [-0.25, -0.2) is 13.2 Å². The summed E-state index contributed by atoms with van der Waals surface area (Å²) in [6, 6.07) is 29.5. The van der Waals surface area contributed by atoms with Gasteiger partial charge in [0, 0.05) is 47.8 Å². The number of aromatic nitrogens is 2. The van der Waals surface area contributed by atoms with Crippen LogP contribution in [0.4, 0.5) is 10.5 Å². The Morgan fingerprint density at radius 3 is 2.40 bits per heavy atom. The largest absolute Gasteiger partial charge is 0.465 e. The van der Waals surface area contributed by atoms with Gasteiger partial charge in [0.25, 0.3) is 10.0 Å². The third kappa shape index (κ3) is 8.26. The number of para-hydroxylation sites is 1. The second kappa shape index (κ2) is 15.9. The predicted octanol–water partition coefficient (Wildman–Crippen LogP) is 6.55. The fourth-order valence-electron chi connectivity index (χ4n) is 5.96. The van der Waals surface area contributed by atoms with E-state index in [-0.39, 0.29) is 47.4 Å². The first-order chi connectivity index (χ1) is 25.5. The summed E-state index contributed by atoms with van der Waals surface area (Å²) in [6.07, 6.45) is 3.12. The Kier molecular flexibility index (Phi) is 10.9. The van der Waals surface area contributed by atoms with Crippen molar-refractivity contribution in [3.63, 3.8) is 0 Å². The molecular weight excluding hydrogens is 695 g/mol. The maximum Gasteiger partial charge on any atom is 0.413 e. The fourth-order valence-corrected chi connectivity index (χ4v) is 7.53. The number of nitrogens with zero attached hydrogens (tertiary/aromatic N) is 3. The van der Waals surface area contributed by atoms with E-state index in [0.29, 0.717) is 33.8 Å². The Bertz CT molecular complexity index is 2420. The molecule has 270 valence electrons. The molecule has 6 rings (SSSR count). The van der Waals surface area contributed by atoms with E-state index < -0.39 is 28.6 Å². The second-order valence-corrected chi connectivity index (χ2v) is 14.0. The first-order valence-electron chi connectivity index (χ1n) is 16.8. The van der Waals surface area contributed by atoms with Crippen LogP contribution in [0.3, 0.4) is 0 Å². The van der Waals surface area contributed by atoms with E-state index in [1.165, 1.54) is 12.3 Å². The van der Waals surface area contributed by atoms with E-state index in [1.807, 2.05) is 30.3 Å². The van der Waals surface area contributed by atoms with Crippen LogP contribution < -0.4 is 9.62 Å². The molecule has 12 nitrogen and oxygen atoms in total. The summed E-state index contributed by atoms with van der Waals surface area (Å²) in [7, 11) is -2.53. The van der Waals surface area contributed by atoms with Crippen LogP contribution in [-0.4, -0.2) is 54.8 Å². The molecule has 2 heterocycles. The fraction of sp³-hybridized carbons (Fsp3) is 0.175. The Balaban J connectivity index is 1.16. The highest BCUT2D eigenvalue weighted by atomic mass is 32.2. The summed E-state index contributed by atoms with van der Waals surface area (Å²) in [5.74, 6) is -0.932. The number of amidine groups is 1. The minimum absolute atomic E-state index is 0.0507. The Morgan fingerprint density at radius 2 is 1.64 bits per heavy atom. The number of amides is 1. The van der Waals surface area contributed by atoms with Gasteiger partial charge in [0.05, 0.1) is 23.3 Å². The lowest BCUT2D eigenvalue weighted by Gasteiger charge is -2.24. The van der Waals surface area contributed by atoms with Crippen molar-refractivity contribution < 1.29 is 32.3 Å². The molecule has 6 aromatic rings. The summed E-state index contributed by atoms with van der Waals surface area (Å²) in [5.41, 5.74) is 3.76.